The Labute approximate surface area is 91.5 Å². The summed E-state index contributed by atoms with van der Waals surface area (Å²) < 4.78 is 13.5. The van der Waals surface area contributed by atoms with Crippen LogP contribution in [-0.2, 0) is 12.2 Å². The monoisotopic (exact) mass is 261 g/mol. The Kier molecular flexibility index (Phi) is 4.70. The lowest BCUT2D eigenvalue weighted by atomic mass is 10.4. The van der Waals surface area contributed by atoms with Crippen LogP contribution < -0.4 is 5.30 Å². The van der Waals surface area contributed by atoms with Crippen molar-refractivity contribution in [2.24, 2.45) is 0 Å². The van der Waals surface area contributed by atoms with E-state index < -0.39 is 7.94 Å². The third-order valence-electron chi connectivity index (χ3n) is 1.34. The normalized spacial score (nSPS) is 11.6. The van der Waals surface area contributed by atoms with Crippen molar-refractivity contribution in [3.05, 3.63) is 30.3 Å². The summed E-state index contributed by atoms with van der Waals surface area (Å²) in [6.45, 7) is 0. The predicted octanol–water partition coefficient (Wildman–Crippen LogP) is 3.59. The van der Waals surface area contributed by atoms with Crippen molar-refractivity contribution >= 4 is 48.8 Å². The Bertz CT molecular complexity index is 246. The molecule has 0 spiro atoms. The van der Waals surface area contributed by atoms with Crippen molar-refractivity contribution in [2.75, 3.05) is 0 Å². The highest BCUT2D eigenvalue weighted by atomic mass is 35.5. The second kappa shape index (κ2) is 5.32. The first-order chi connectivity index (χ1) is 6.29. The molecule has 0 unspecified atom stereocenters. The quantitative estimate of drug-likeness (QED) is 0.776. The molecule has 0 bridgehead atoms. The second-order valence-electron chi connectivity index (χ2n) is 2.04. The maximum Gasteiger partial charge on any atom is 0.506 e. The molecule has 0 fully saturated rings. The van der Waals surface area contributed by atoms with Gasteiger partial charge in [-0.2, -0.15) is 0 Å². The fourth-order valence-corrected chi connectivity index (χ4v) is 3.09. The van der Waals surface area contributed by atoms with Crippen molar-refractivity contribution < 1.29 is 12.2 Å². The molecule has 13 heavy (non-hydrogen) atoms. The minimum Gasteiger partial charge on any atom is -0.0620 e. The van der Waals surface area contributed by atoms with Crippen LogP contribution in [0.5, 0.6) is 0 Å². The molecule has 0 aliphatic rings. The van der Waals surface area contributed by atoms with Gasteiger partial charge in [0.2, 0.25) is 0 Å². The molecule has 0 saturated carbocycles. The second-order valence-corrected chi connectivity index (χ2v) is 5.21. The van der Waals surface area contributed by atoms with E-state index in [-0.39, 0.29) is 0 Å². The van der Waals surface area contributed by atoms with Gasteiger partial charge in [-0.15, -0.1) is 0 Å². The van der Waals surface area contributed by atoms with Crippen LogP contribution in [0.1, 0.15) is 0 Å². The number of hydrogen-bond acceptors (Lipinski definition) is 3. The molecular formula is C6H5Cl3O3P+. The summed E-state index contributed by atoms with van der Waals surface area (Å²) in [7, 11) is -2.99. The third-order valence-corrected chi connectivity index (χ3v) is 4.46. The minimum atomic E-state index is -2.99. The van der Waals surface area contributed by atoms with Gasteiger partial charge in [-0.05, 0) is 12.1 Å². The van der Waals surface area contributed by atoms with E-state index in [0.29, 0.717) is 5.30 Å². The Morgan fingerprint density at radius 1 is 0.846 bits per heavy atom. The SMILES string of the molecule is ClO[P+](OCl)(OCl)c1ccccc1. The van der Waals surface area contributed by atoms with Gasteiger partial charge in [-0.25, -0.2) is 0 Å². The minimum absolute atomic E-state index is 0.551. The summed E-state index contributed by atoms with van der Waals surface area (Å²) in [4.78, 5) is 0. The Hall–Kier alpha value is 0.400. The van der Waals surface area contributed by atoms with Gasteiger partial charge in [0.25, 0.3) is 0 Å². The van der Waals surface area contributed by atoms with Gasteiger partial charge in [-0.1, -0.05) is 30.4 Å². The van der Waals surface area contributed by atoms with Crippen molar-refractivity contribution in [1.29, 1.82) is 0 Å². The molecule has 0 saturated heterocycles. The Balaban J connectivity index is 3.01. The highest BCUT2D eigenvalue weighted by molar-refractivity contribution is 7.71. The number of hydrogen-bond donors (Lipinski definition) is 0. The largest absolute Gasteiger partial charge is 0.506 e. The van der Waals surface area contributed by atoms with Gasteiger partial charge < -0.3 is 0 Å². The zero-order valence-corrected chi connectivity index (χ0v) is 9.35. The van der Waals surface area contributed by atoms with Gasteiger partial charge >= 0.3 is 7.94 Å². The van der Waals surface area contributed by atoms with E-state index in [1.807, 2.05) is 6.07 Å². The first-order valence-corrected chi connectivity index (χ1v) is 5.61. The fourth-order valence-electron chi connectivity index (χ4n) is 0.762. The topological polar surface area (TPSA) is 27.7 Å². The van der Waals surface area contributed by atoms with E-state index in [0.717, 1.165) is 0 Å². The molecule has 0 aliphatic heterocycles. The zero-order valence-electron chi connectivity index (χ0n) is 6.19. The van der Waals surface area contributed by atoms with Crippen LogP contribution in [0.25, 0.3) is 0 Å². The van der Waals surface area contributed by atoms with E-state index in [4.69, 9.17) is 35.6 Å². The molecule has 0 amide bonds. The maximum atomic E-state index is 5.19. The van der Waals surface area contributed by atoms with Gasteiger partial charge in [0.05, 0.1) is 0 Å². The molecule has 0 N–H and O–H groups in total. The number of halogens is 3. The van der Waals surface area contributed by atoms with Crippen LogP contribution >= 0.6 is 43.5 Å². The Morgan fingerprint density at radius 2 is 1.31 bits per heavy atom. The average Bonchev–Trinajstić information content (AvgIpc) is 2.23. The average molecular weight is 262 g/mol. The summed E-state index contributed by atoms with van der Waals surface area (Å²) in [5, 5.41) is 0.551. The highest BCUT2D eigenvalue weighted by Gasteiger charge is 2.50. The smallest absolute Gasteiger partial charge is 0.0620 e. The fraction of sp³-hybridized carbons (Fsp3) is 0. The predicted molar refractivity (Wildman–Crippen MR) is 53.8 cm³/mol. The van der Waals surface area contributed by atoms with Crippen LogP contribution in [0.2, 0.25) is 0 Å². The van der Waals surface area contributed by atoms with Crippen LogP contribution in [0.4, 0.5) is 0 Å². The zero-order chi connectivity index (χ0) is 9.73. The number of benzene rings is 1. The molecule has 0 heterocycles. The third kappa shape index (κ3) is 2.45. The molecule has 0 radical (unpaired) electrons. The lowest BCUT2D eigenvalue weighted by Gasteiger charge is -2.09. The number of rotatable bonds is 4. The standard InChI is InChI=1S/C6H5Cl3O3P/c7-10-13(11-8,12-9)6-4-2-1-3-5-6/h1-5H/q+1. The van der Waals surface area contributed by atoms with Gasteiger partial charge in [-0.3, -0.25) is 0 Å². The van der Waals surface area contributed by atoms with Gasteiger partial charge in [0.1, 0.15) is 35.6 Å². The van der Waals surface area contributed by atoms with Crippen LogP contribution in [0.3, 0.4) is 0 Å². The molecule has 1 aromatic carbocycles. The van der Waals surface area contributed by atoms with E-state index >= 15 is 0 Å². The van der Waals surface area contributed by atoms with E-state index in [2.05, 4.69) is 12.2 Å². The molecule has 0 aliphatic carbocycles. The lowest BCUT2D eigenvalue weighted by molar-refractivity contribution is 0.417. The van der Waals surface area contributed by atoms with Gasteiger partial charge in [0, 0.05) is 0 Å². The Morgan fingerprint density at radius 3 is 1.69 bits per heavy atom. The summed E-state index contributed by atoms with van der Waals surface area (Å²) in [5.41, 5.74) is 0. The van der Waals surface area contributed by atoms with Crippen molar-refractivity contribution in [2.45, 2.75) is 0 Å². The molecule has 7 heteroatoms. The van der Waals surface area contributed by atoms with E-state index in [9.17, 15) is 0 Å². The molecular weight excluding hydrogens is 257 g/mol. The van der Waals surface area contributed by atoms with Gasteiger partial charge in [0.15, 0.2) is 5.30 Å². The summed E-state index contributed by atoms with van der Waals surface area (Å²) >= 11 is 15.6. The lowest BCUT2D eigenvalue weighted by Crippen LogP contribution is -2.10. The summed E-state index contributed by atoms with van der Waals surface area (Å²) in [6.07, 6.45) is 0. The maximum absolute atomic E-state index is 5.19. The summed E-state index contributed by atoms with van der Waals surface area (Å²) in [6, 6.07) is 8.69. The van der Waals surface area contributed by atoms with Crippen LogP contribution in [0, 0.1) is 0 Å². The van der Waals surface area contributed by atoms with Crippen molar-refractivity contribution in [1.82, 2.24) is 0 Å². The molecule has 0 aromatic heterocycles. The molecule has 1 aromatic rings. The van der Waals surface area contributed by atoms with Crippen LogP contribution in [0.15, 0.2) is 30.3 Å². The summed E-state index contributed by atoms with van der Waals surface area (Å²) in [5.74, 6) is 0. The first-order valence-electron chi connectivity index (χ1n) is 3.14. The van der Waals surface area contributed by atoms with Crippen molar-refractivity contribution in [3.8, 4) is 0 Å². The van der Waals surface area contributed by atoms with Crippen molar-refractivity contribution in [3.63, 3.8) is 0 Å². The molecule has 1 rings (SSSR count). The van der Waals surface area contributed by atoms with E-state index in [1.54, 1.807) is 24.3 Å². The van der Waals surface area contributed by atoms with Crippen LogP contribution in [-0.4, -0.2) is 0 Å². The first kappa shape index (κ1) is 11.5. The highest BCUT2D eigenvalue weighted by Crippen LogP contribution is 2.63. The molecule has 72 valence electrons. The molecule has 3 nitrogen and oxygen atoms in total. The molecule has 0 atom stereocenters. The van der Waals surface area contributed by atoms with E-state index in [1.165, 1.54) is 0 Å².